The van der Waals surface area contributed by atoms with Crippen molar-refractivity contribution in [2.45, 2.75) is 37.9 Å². The fourth-order valence-corrected chi connectivity index (χ4v) is 6.19. The zero-order valence-electron chi connectivity index (χ0n) is 26.1. The quantitative estimate of drug-likeness (QED) is 0.247. The molecule has 7 rings (SSSR count). The van der Waals surface area contributed by atoms with Crippen LogP contribution in [-0.2, 0) is 31.3 Å². The second-order valence-corrected chi connectivity index (χ2v) is 12.7. The monoisotopic (exact) mass is 658 g/mol. The van der Waals surface area contributed by atoms with Crippen molar-refractivity contribution in [3.63, 3.8) is 0 Å². The summed E-state index contributed by atoms with van der Waals surface area (Å²) in [4.78, 5) is 34.6. The van der Waals surface area contributed by atoms with E-state index in [-0.39, 0.29) is 12.0 Å². The molecule has 47 heavy (non-hydrogen) atoms. The summed E-state index contributed by atoms with van der Waals surface area (Å²) < 4.78 is 25.7. The van der Waals surface area contributed by atoms with Crippen LogP contribution in [0.4, 0.5) is 21.9 Å². The molecule has 2 atom stereocenters. The molecule has 3 fully saturated rings. The third-order valence-electron chi connectivity index (χ3n) is 8.61. The van der Waals surface area contributed by atoms with Crippen molar-refractivity contribution >= 4 is 40.7 Å². The van der Waals surface area contributed by atoms with Gasteiger partial charge in [-0.1, -0.05) is 23.7 Å². The number of cyclic esters (lactones) is 1. The van der Waals surface area contributed by atoms with Gasteiger partial charge in [0.15, 0.2) is 5.60 Å². The van der Waals surface area contributed by atoms with Crippen LogP contribution >= 0.6 is 11.6 Å². The fraction of sp³-hybridized carbons (Fsp3) is 0.353. The summed E-state index contributed by atoms with van der Waals surface area (Å²) in [6.07, 6.45) is 2.18. The minimum absolute atomic E-state index is 0.285. The molecule has 2 unspecified atom stereocenters. The lowest BCUT2D eigenvalue weighted by molar-refractivity contribution is -0.190. The third-order valence-corrected chi connectivity index (χ3v) is 8.87. The maximum Gasteiger partial charge on any atom is 0.422 e. The van der Waals surface area contributed by atoms with E-state index in [1.807, 2.05) is 48.5 Å². The van der Waals surface area contributed by atoms with E-state index >= 15 is 0 Å². The second kappa shape index (κ2) is 12.5. The van der Waals surface area contributed by atoms with E-state index in [1.54, 1.807) is 37.0 Å². The zero-order valence-corrected chi connectivity index (χ0v) is 26.9. The maximum atomic E-state index is 12.6. The van der Waals surface area contributed by atoms with E-state index in [2.05, 4.69) is 32.0 Å². The highest BCUT2D eigenvalue weighted by Crippen LogP contribution is 2.37. The number of hydrogen-bond donors (Lipinski definition) is 0. The molecule has 0 saturated carbocycles. The topological polar surface area (TPSA) is 111 Å². The third kappa shape index (κ3) is 6.36. The minimum Gasteiger partial charge on any atom is -0.491 e. The first-order chi connectivity index (χ1) is 22.7. The smallest absolute Gasteiger partial charge is 0.422 e. The summed E-state index contributed by atoms with van der Waals surface area (Å²) in [5, 5.41) is 4.87. The van der Waals surface area contributed by atoms with E-state index in [0.717, 1.165) is 53.8 Å². The molecule has 3 saturated heterocycles. The number of aromatic nitrogens is 3. The first-order valence-electron chi connectivity index (χ1n) is 15.5. The summed E-state index contributed by atoms with van der Waals surface area (Å²) in [5.74, 6) is -0.643. The molecule has 4 aromatic rings. The Morgan fingerprint density at radius 1 is 0.872 bits per heavy atom. The number of nitrogens with zero attached hydrogens (tertiary/aromatic N) is 6. The molecule has 1 aromatic heterocycles. The van der Waals surface area contributed by atoms with E-state index < -0.39 is 17.5 Å². The number of ether oxygens (including phenoxy) is 4. The van der Waals surface area contributed by atoms with Gasteiger partial charge in [-0.05, 0) is 74.5 Å². The predicted molar refractivity (Wildman–Crippen MR) is 175 cm³/mol. The number of carbonyl (C=O) groups is 2. The van der Waals surface area contributed by atoms with Gasteiger partial charge in [-0.15, -0.1) is 0 Å². The van der Waals surface area contributed by atoms with Crippen molar-refractivity contribution in [1.82, 2.24) is 14.8 Å². The first kappa shape index (κ1) is 31.0. The Balaban J connectivity index is 0.916. The van der Waals surface area contributed by atoms with Crippen molar-refractivity contribution in [3.8, 4) is 5.75 Å². The Hall–Kier alpha value is -4.65. The van der Waals surface area contributed by atoms with Gasteiger partial charge in [-0.2, -0.15) is 5.10 Å². The lowest BCUT2D eigenvalue weighted by atomic mass is 10.1. The molecule has 3 aliphatic rings. The Labute approximate surface area is 277 Å². The van der Waals surface area contributed by atoms with Crippen LogP contribution in [0.5, 0.6) is 5.75 Å². The molecule has 0 aliphatic carbocycles. The zero-order chi connectivity index (χ0) is 32.6. The molecule has 3 aromatic carbocycles. The lowest BCUT2D eigenvalue weighted by Crippen LogP contribution is -2.46. The number of rotatable bonds is 9. The van der Waals surface area contributed by atoms with Gasteiger partial charge in [0.25, 0.3) is 5.91 Å². The number of halogens is 1. The van der Waals surface area contributed by atoms with Crippen LogP contribution in [0.15, 0.2) is 85.5 Å². The molecule has 4 heterocycles. The summed E-state index contributed by atoms with van der Waals surface area (Å²) in [6.45, 7) is 7.58. The standard InChI is InChI=1S/C34H35ClN6O6/c1-33(2)31(42)41(32(43)47-33)28-9-7-26(8-10-28)38-15-17-39(18-16-38)27-11-13-29(14-12-27)44-19-30-20-45-34(46-30,21-40-23-36-22-37-40)24-3-5-25(35)6-4-24/h3-14,22-23,30H,15-21H2,1-2H3. The number of piperazine rings is 1. The Morgan fingerprint density at radius 3 is 2.06 bits per heavy atom. The van der Waals surface area contributed by atoms with Gasteiger partial charge in [-0.25, -0.2) is 19.4 Å². The van der Waals surface area contributed by atoms with Crippen molar-refractivity contribution in [1.29, 1.82) is 0 Å². The van der Waals surface area contributed by atoms with Crippen molar-refractivity contribution < 1.29 is 28.5 Å². The van der Waals surface area contributed by atoms with Crippen LogP contribution in [0.1, 0.15) is 19.4 Å². The number of imide groups is 1. The van der Waals surface area contributed by atoms with E-state index in [4.69, 9.17) is 30.5 Å². The Morgan fingerprint density at radius 2 is 1.49 bits per heavy atom. The molecule has 0 radical (unpaired) electrons. The number of hydrogen-bond acceptors (Lipinski definition) is 10. The molecule has 12 nitrogen and oxygen atoms in total. The van der Waals surface area contributed by atoms with E-state index in [0.29, 0.717) is 30.5 Å². The molecular formula is C34H35ClN6O6. The summed E-state index contributed by atoms with van der Waals surface area (Å²) >= 11 is 6.13. The molecule has 0 spiro atoms. The van der Waals surface area contributed by atoms with Crippen LogP contribution < -0.4 is 19.4 Å². The molecular weight excluding hydrogens is 624 g/mol. The van der Waals surface area contributed by atoms with Crippen molar-refractivity contribution in [2.75, 3.05) is 54.1 Å². The average molecular weight is 659 g/mol. The van der Waals surface area contributed by atoms with Gasteiger partial charge < -0.3 is 28.7 Å². The summed E-state index contributed by atoms with van der Waals surface area (Å²) in [6, 6.07) is 23.0. The average Bonchev–Trinajstić information content (AvgIpc) is 3.79. The van der Waals surface area contributed by atoms with Gasteiger partial charge in [-0.3, -0.25) is 4.79 Å². The molecule has 2 amide bonds. The number of amides is 2. The first-order valence-corrected chi connectivity index (χ1v) is 15.9. The number of anilines is 3. The fourth-order valence-electron chi connectivity index (χ4n) is 6.06. The molecule has 0 bridgehead atoms. The molecule has 0 N–H and O–H groups in total. The van der Waals surface area contributed by atoms with E-state index in [1.165, 1.54) is 6.33 Å². The maximum absolute atomic E-state index is 12.6. The highest BCUT2D eigenvalue weighted by molar-refractivity contribution is 6.30. The molecule has 3 aliphatic heterocycles. The van der Waals surface area contributed by atoms with Gasteiger partial charge in [0.1, 0.15) is 37.7 Å². The molecule has 244 valence electrons. The van der Waals surface area contributed by atoms with Crippen LogP contribution in [0.2, 0.25) is 5.02 Å². The van der Waals surface area contributed by atoms with Crippen molar-refractivity contribution in [3.05, 3.63) is 96.0 Å². The minimum atomic E-state index is -1.15. The lowest BCUT2D eigenvalue weighted by Gasteiger charge is -2.37. The Bertz CT molecular complexity index is 1710. The number of benzene rings is 3. The number of carbonyl (C=O) groups excluding carboxylic acids is 2. The largest absolute Gasteiger partial charge is 0.491 e. The van der Waals surface area contributed by atoms with Crippen LogP contribution in [0.25, 0.3) is 0 Å². The normalized spacial score (nSPS) is 22.5. The second-order valence-electron chi connectivity index (χ2n) is 12.2. The highest BCUT2D eigenvalue weighted by Gasteiger charge is 2.48. The SMILES string of the molecule is CC1(C)OC(=O)N(c2ccc(N3CCN(c4ccc(OCC5COC(Cn6cncn6)(c6ccc(Cl)cc6)O5)cc4)CC3)cc2)C1=O. The van der Waals surface area contributed by atoms with Gasteiger partial charge >= 0.3 is 6.09 Å². The summed E-state index contributed by atoms with van der Waals surface area (Å²) in [5.41, 5.74) is 2.36. The highest BCUT2D eigenvalue weighted by atomic mass is 35.5. The summed E-state index contributed by atoms with van der Waals surface area (Å²) in [7, 11) is 0. The Kier molecular flexibility index (Phi) is 8.25. The molecule has 13 heteroatoms. The van der Waals surface area contributed by atoms with Gasteiger partial charge in [0.05, 0.1) is 12.3 Å². The predicted octanol–water partition coefficient (Wildman–Crippen LogP) is 4.87. The van der Waals surface area contributed by atoms with Crippen LogP contribution in [0.3, 0.4) is 0 Å². The van der Waals surface area contributed by atoms with Crippen LogP contribution in [0, 0.1) is 0 Å². The van der Waals surface area contributed by atoms with E-state index in [9.17, 15) is 9.59 Å². The van der Waals surface area contributed by atoms with Gasteiger partial charge in [0.2, 0.25) is 5.79 Å². The van der Waals surface area contributed by atoms with Crippen LogP contribution in [-0.4, -0.2) is 77.9 Å². The van der Waals surface area contributed by atoms with Crippen molar-refractivity contribution in [2.24, 2.45) is 0 Å². The van der Waals surface area contributed by atoms with Gasteiger partial charge in [0, 0.05) is 48.1 Å².